The summed E-state index contributed by atoms with van der Waals surface area (Å²) in [5.41, 5.74) is 1.29. The number of sulfone groups is 1. The van der Waals surface area contributed by atoms with Crippen LogP contribution in [-0.4, -0.2) is 83.5 Å². The van der Waals surface area contributed by atoms with Gasteiger partial charge in [-0.05, 0) is 47.5 Å². The van der Waals surface area contributed by atoms with E-state index in [0.29, 0.717) is 11.1 Å². The van der Waals surface area contributed by atoms with Crippen LogP contribution in [0.1, 0.15) is 25.0 Å². The van der Waals surface area contributed by atoms with Crippen molar-refractivity contribution in [2.24, 2.45) is 0 Å². The predicted molar refractivity (Wildman–Crippen MR) is 199 cm³/mol. The van der Waals surface area contributed by atoms with Gasteiger partial charge in [0, 0.05) is 38.3 Å². The molecule has 4 aromatic rings. The number of hydrogen-bond acceptors (Lipinski definition) is 10. The molecule has 14 nitrogen and oxygen atoms in total. The molecule has 0 saturated carbocycles. The number of ether oxygens (including phenoxy) is 2. The van der Waals surface area contributed by atoms with E-state index in [-0.39, 0.29) is 45.8 Å². The second-order valence-corrected chi connectivity index (χ2v) is 18.2. The number of methoxy groups -OCH3 is 2. The summed E-state index contributed by atoms with van der Waals surface area (Å²) >= 11 is 0. The lowest BCUT2D eigenvalue weighted by Gasteiger charge is -2.37. The fraction of sp³-hybridized carbons (Fsp3) is 0.278. The van der Waals surface area contributed by atoms with Gasteiger partial charge in [0.05, 0.1) is 37.8 Å². The SMILES string of the molecule is COc1ccc(NC(C)=O)cc1S(=O)(=O)N(Cc1ccccc1)[C@@H]1CS(=O)(=O)C[C@@H]1N(Cc1ccccc1)S(=O)(=O)c1cc(NC(C)=O)ccc1OC. The van der Waals surface area contributed by atoms with Crippen LogP contribution >= 0.6 is 0 Å². The summed E-state index contributed by atoms with van der Waals surface area (Å²) < 4.78 is 100. The number of amides is 2. The molecule has 17 heteroatoms. The predicted octanol–water partition coefficient (Wildman–Crippen LogP) is 3.87. The quantitative estimate of drug-likeness (QED) is 0.190. The monoisotopic (exact) mass is 784 g/mol. The number of nitrogens with zero attached hydrogens (tertiary/aromatic N) is 2. The van der Waals surface area contributed by atoms with Crippen molar-refractivity contribution in [1.82, 2.24) is 8.61 Å². The van der Waals surface area contributed by atoms with E-state index in [1.165, 1.54) is 64.5 Å². The first-order valence-corrected chi connectivity index (χ1v) is 21.0. The van der Waals surface area contributed by atoms with Gasteiger partial charge in [-0.2, -0.15) is 8.61 Å². The lowest BCUT2D eigenvalue weighted by molar-refractivity contribution is -0.115. The molecule has 2 atom stereocenters. The van der Waals surface area contributed by atoms with Crippen LogP contribution in [0.3, 0.4) is 0 Å². The average Bonchev–Trinajstić information content (AvgIpc) is 3.43. The zero-order chi connectivity index (χ0) is 38.6. The van der Waals surface area contributed by atoms with E-state index in [4.69, 9.17) is 9.47 Å². The van der Waals surface area contributed by atoms with E-state index in [0.717, 1.165) is 8.61 Å². The van der Waals surface area contributed by atoms with Crippen molar-refractivity contribution < 1.29 is 44.3 Å². The number of sulfonamides is 2. The Labute approximate surface area is 309 Å². The molecule has 2 amide bonds. The van der Waals surface area contributed by atoms with Gasteiger partial charge in [0.15, 0.2) is 9.84 Å². The Balaban J connectivity index is 1.74. The molecule has 1 aliphatic rings. The van der Waals surface area contributed by atoms with Crippen LogP contribution in [0.15, 0.2) is 107 Å². The highest BCUT2D eigenvalue weighted by Gasteiger charge is 2.51. The molecular formula is C36H40N4O10S3. The number of carbonyl (C=O) groups excluding carboxylic acids is 2. The molecule has 4 aromatic carbocycles. The Kier molecular flexibility index (Phi) is 11.9. The Hall–Kier alpha value is -4.81. The van der Waals surface area contributed by atoms with Crippen LogP contribution in [0.25, 0.3) is 0 Å². The van der Waals surface area contributed by atoms with Crippen molar-refractivity contribution in [1.29, 1.82) is 0 Å². The zero-order valence-corrected chi connectivity index (χ0v) is 31.9. The van der Waals surface area contributed by atoms with E-state index >= 15 is 0 Å². The van der Waals surface area contributed by atoms with Crippen LogP contribution in [0, 0.1) is 0 Å². The largest absolute Gasteiger partial charge is 0.495 e. The molecule has 0 aromatic heterocycles. The molecule has 282 valence electrons. The van der Waals surface area contributed by atoms with Crippen LogP contribution in [0.4, 0.5) is 11.4 Å². The molecule has 0 unspecified atom stereocenters. The molecule has 0 aliphatic carbocycles. The molecule has 5 rings (SSSR count). The van der Waals surface area contributed by atoms with Gasteiger partial charge < -0.3 is 20.1 Å². The fourth-order valence-corrected chi connectivity index (χ4v) is 12.0. The van der Waals surface area contributed by atoms with Gasteiger partial charge in [-0.3, -0.25) is 9.59 Å². The first-order valence-electron chi connectivity index (χ1n) is 16.3. The third-order valence-corrected chi connectivity index (χ3v) is 14.0. The standard InChI is InChI=1S/C36H40N4O10S3/c1-25(41)37-29-15-17-33(49-3)35(19-29)52(45,46)39(21-27-11-7-5-8-12-27)31-23-51(43,44)24-32(31)40(22-28-13-9-6-10-14-28)53(47,48)36-20-30(38-26(2)42)16-18-34(36)50-4/h5-20,31-32H,21-24H2,1-4H3,(H,37,41)(H,38,42)/t31-,32+. The zero-order valence-electron chi connectivity index (χ0n) is 29.4. The Morgan fingerprint density at radius 3 is 1.32 bits per heavy atom. The molecule has 1 heterocycles. The van der Waals surface area contributed by atoms with Crippen LogP contribution in [0.5, 0.6) is 11.5 Å². The minimum atomic E-state index is -4.72. The fourth-order valence-electron chi connectivity index (χ4n) is 6.22. The third-order valence-electron chi connectivity index (χ3n) is 8.54. The summed E-state index contributed by atoms with van der Waals surface area (Å²) in [6, 6.07) is 22.1. The number of hydrogen-bond donors (Lipinski definition) is 2. The van der Waals surface area contributed by atoms with Gasteiger partial charge in [-0.25, -0.2) is 25.3 Å². The second-order valence-electron chi connectivity index (χ2n) is 12.4. The lowest BCUT2D eigenvalue weighted by Crippen LogP contribution is -2.54. The molecule has 1 aliphatic heterocycles. The maximum absolute atomic E-state index is 15.0. The summed E-state index contributed by atoms with van der Waals surface area (Å²) in [7, 11) is -11.0. The molecule has 2 N–H and O–H groups in total. The average molecular weight is 785 g/mol. The molecular weight excluding hydrogens is 745 g/mol. The minimum absolute atomic E-state index is 0.0807. The number of rotatable bonds is 14. The van der Waals surface area contributed by atoms with Gasteiger partial charge in [-0.1, -0.05) is 60.7 Å². The summed E-state index contributed by atoms with van der Waals surface area (Å²) in [6.45, 7) is 1.84. The van der Waals surface area contributed by atoms with Gasteiger partial charge in [0.1, 0.15) is 21.3 Å². The highest BCUT2D eigenvalue weighted by Crippen LogP contribution is 2.38. The van der Waals surface area contributed by atoms with E-state index in [1.54, 1.807) is 60.7 Å². The van der Waals surface area contributed by atoms with Gasteiger partial charge in [0.2, 0.25) is 31.9 Å². The van der Waals surface area contributed by atoms with Crippen molar-refractivity contribution in [2.75, 3.05) is 36.4 Å². The normalized spacial score (nSPS) is 17.0. The highest BCUT2D eigenvalue weighted by molar-refractivity contribution is 7.92. The van der Waals surface area contributed by atoms with Gasteiger partial charge in [-0.15, -0.1) is 0 Å². The summed E-state index contributed by atoms with van der Waals surface area (Å²) in [4.78, 5) is 23.1. The lowest BCUT2D eigenvalue weighted by atomic mass is 10.1. The maximum Gasteiger partial charge on any atom is 0.247 e. The summed E-state index contributed by atoms with van der Waals surface area (Å²) in [5.74, 6) is -2.49. The van der Waals surface area contributed by atoms with Crippen molar-refractivity contribution >= 4 is 53.1 Å². The van der Waals surface area contributed by atoms with Crippen molar-refractivity contribution in [3.8, 4) is 11.5 Å². The molecule has 0 spiro atoms. The van der Waals surface area contributed by atoms with E-state index in [2.05, 4.69) is 10.6 Å². The van der Waals surface area contributed by atoms with Crippen LogP contribution in [0.2, 0.25) is 0 Å². The maximum atomic E-state index is 15.0. The second kappa shape index (κ2) is 16.1. The summed E-state index contributed by atoms with van der Waals surface area (Å²) in [6.07, 6.45) is 0. The number of carbonyl (C=O) groups is 2. The molecule has 0 radical (unpaired) electrons. The number of anilines is 2. The number of benzene rings is 4. The van der Waals surface area contributed by atoms with E-state index < -0.39 is 65.3 Å². The minimum Gasteiger partial charge on any atom is -0.495 e. The molecule has 0 bridgehead atoms. The Bertz CT molecular complexity index is 2150. The highest BCUT2D eigenvalue weighted by atomic mass is 32.2. The topological polar surface area (TPSA) is 186 Å². The number of nitrogens with one attached hydrogen (secondary N) is 2. The van der Waals surface area contributed by atoms with Gasteiger partial charge >= 0.3 is 0 Å². The van der Waals surface area contributed by atoms with Crippen molar-refractivity contribution in [3.05, 3.63) is 108 Å². The van der Waals surface area contributed by atoms with Crippen molar-refractivity contribution in [2.45, 2.75) is 48.8 Å². The molecule has 1 fully saturated rings. The molecule has 1 saturated heterocycles. The Morgan fingerprint density at radius 1 is 0.642 bits per heavy atom. The van der Waals surface area contributed by atoms with Crippen molar-refractivity contribution in [3.63, 3.8) is 0 Å². The van der Waals surface area contributed by atoms with Crippen LogP contribution < -0.4 is 20.1 Å². The van der Waals surface area contributed by atoms with E-state index in [1.807, 2.05) is 0 Å². The molecule has 53 heavy (non-hydrogen) atoms. The first kappa shape index (κ1) is 39.4. The summed E-state index contributed by atoms with van der Waals surface area (Å²) in [5, 5.41) is 5.12. The Morgan fingerprint density at radius 2 is 1.00 bits per heavy atom. The first-order chi connectivity index (χ1) is 25.1. The van der Waals surface area contributed by atoms with E-state index in [9.17, 15) is 34.8 Å². The van der Waals surface area contributed by atoms with Crippen LogP contribution in [-0.2, 0) is 52.6 Å². The third kappa shape index (κ3) is 9.05. The smallest absolute Gasteiger partial charge is 0.247 e. The van der Waals surface area contributed by atoms with Gasteiger partial charge in [0.25, 0.3) is 0 Å².